The Balaban J connectivity index is 2.75. The van der Waals surface area contributed by atoms with E-state index in [0.717, 1.165) is 23.4 Å². The molecule has 0 spiro atoms. The van der Waals surface area contributed by atoms with Crippen LogP contribution in [0.3, 0.4) is 0 Å². The van der Waals surface area contributed by atoms with E-state index in [9.17, 15) is 4.79 Å². The summed E-state index contributed by atoms with van der Waals surface area (Å²) in [6.45, 7) is 11.2. The average molecular weight is 380 g/mol. The van der Waals surface area contributed by atoms with E-state index >= 15 is 0 Å². The Kier molecular flexibility index (Phi) is 10.9. The van der Waals surface area contributed by atoms with Gasteiger partial charge in [0.25, 0.3) is 0 Å². The number of hydrogen-bond acceptors (Lipinski definition) is 5. The zero-order chi connectivity index (χ0) is 20.1. The lowest BCUT2D eigenvalue weighted by Crippen LogP contribution is -2.40. The number of carbonyl (C=O) groups excluding carboxylic acids is 1. The molecule has 1 atom stereocenters. The van der Waals surface area contributed by atoms with Crippen molar-refractivity contribution in [1.82, 2.24) is 10.6 Å². The fourth-order valence-electron chi connectivity index (χ4n) is 2.32. The Labute approximate surface area is 162 Å². The SMILES string of the molecule is CCNC(=NCc1ccc(C)cc1OCCOCC)NCC(C)C(=O)OC. The topological polar surface area (TPSA) is 81.2 Å². The molecule has 2 N–H and O–H groups in total. The molecule has 0 radical (unpaired) electrons. The minimum absolute atomic E-state index is 0.248. The molecule has 0 aliphatic heterocycles. The number of nitrogens with zero attached hydrogens (tertiary/aromatic N) is 1. The van der Waals surface area contributed by atoms with Gasteiger partial charge >= 0.3 is 5.97 Å². The lowest BCUT2D eigenvalue weighted by atomic mass is 10.1. The molecule has 1 aromatic carbocycles. The molecule has 1 rings (SSSR count). The highest BCUT2D eigenvalue weighted by atomic mass is 16.5. The first-order valence-electron chi connectivity index (χ1n) is 9.41. The Morgan fingerprint density at radius 2 is 2.00 bits per heavy atom. The predicted molar refractivity (Wildman–Crippen MR) is 107 cm³/mol. The molecular weight excluding hydrogens is 346 g/mol. The number of rotatable bonds is 11. The summed E-state index contributed by atoms with van der Waals surface area (Å²) < 4.78 is 15.9. The molecule has 152 valence electrons. The fourth-order valence-corrected chi connectivity index (χ4v) is 2.32. The molecule has 1 aromatic rings. The van der Waals surface area contributed by atoms with Crippen molar-refractivity contribution in [1.29, 1.82) is 0 Å². The predicted octanol–water partition coefficient (Wildman–Crippen LogP) is 2.27. The minimum Gasteiger partial charge on any atom is -0.491 e. The van der Waals surface area contributed by atoms with Gasteiger partial charge in [-0.05, 0) is 32.4 Å². The maximum atomic E-state index is 11.5. The molecule has 0 bridgehead atoms. The zero-order valence-corrected chi connectivity index (χ0v) is 17.1. The summed E-state index contributed by atoms with van der Waals surface area (Å²) in [6.07, 6.45) is 0. The van der Waals surface area contributed by atoms with Gasteiger partial charge in [0.15, 0.2) is 5.96 Å². The molecule has 0 amide bonds. The van der Waals surface area contributed by atoms with Crippen molar-refractivity contribution in [3.8, 4) is 5.75 Å². The third-order valence-corrected chi connectivity index (χ3v) is 3.84. The molecule has 0 fully saturated rings. The number of hydrogen-bond donors (Lipinski definition) is 2. The van der Waals surface area contributed by atoms with Crippen molar-refractivity contribution in [3.63, 3.8) is 0 Å². The van der Waals surface area contributed by atoms with E-state index in [4.69, 9.17) is 14.2 Å². The van der Waals surface area contributed by atoms with Crippen LogP contribution in [-0.4, -0.2) is 51.9 Å². The van der Waals surface area contributed by atoms with E-state index < -0.39 is 0 Å². The van der Waals surface area contributed by atoms with Crippen molar-refractivity contribution < 1.29 is 19.0 Å². The molecule has 0 saturated heterocycles. The quantitative estimate of drug-likeness (QED) is 0.266. The van der Waals surface area contributed by atoms with Crippen molar-refractivity contribution in [3.05, 3.63) is 29.3 Å². The van der Waals surface area contributed by atoms with Crippen LogP contribution in [0.2, 0.25) is 0 Å². The number of nitrogens with one attached hydrogen (secondary N) is 2. The molecule has 7 heteroatoms. The number of esters is 1. The van der Waals surface area contributed by atoms with Crippen LogP contribution in [0.25, 0.3) is 0 Å². The van der Waals surface area contributed by atoms with E-state index in [2.05, 4.69) is 15.6 Å². The number of methoxy groups -OCH3 is 1. The van der Waals surface area contributed by atoms with E-state index in [1.54, 1.807) is 0 Å². The summed E-state index contributed by atoms with van der Waals surface area (Å²) in [7, 11) is 1.39. The van der Waals surface area contributed by atoms with Crippen LogP contribution < -0.4 is 15.4 Å². The molecule has 0 aliphatic rings. The third kappa shape index (κ3) is 8.77. The van der Waals surface area contributed by atoms with Gasteiger partial charge in [0.1, 0.15) is 12.4 Å². The summed E-state index contributed by atoms with van der Waals surface area (Å²) in [5, 5.41) is 6.36. The van der Waals surface area contributed by atoms with Crippen LogP contribution in [0.5, 0.6) is 5.75 Å². The summed E-state index contributed by atoms with van der Waals surface area (Å²) in [6, 6.07) is 6.08. The number of aryl methyl sites for hydroxylation is 1. The average Bonchev–Trinajstić information content (AvgIpc) is 2.67. The highest BCUT2D eigenvalue weighted by molar-refractivity contribution is 5.80. The van der Waals surface area contributed by atoms with Gasteiger partial charge in [0.2, 0.25) is 0 Å². The summed E-state index contributed by atoms with van der Waals surface area (Å²) in [4.78, 5) is 16.1. The third-order valence-electron chi connectivity index (χ3n) is 3.84. The molecule has 7 nitrogen and oxygen atoms in total. The van der Waals surface area contributed by atoms with Gasteiger partial charge in [-0.25, -0.2) is 4.99 Å². The van der Waals surface area contributed by atoms with Crippen LogP contribution in [0.4, 0.5) is 0 Å². The maximum Gasteiger partial charge on any atom is 0.310 e. The van der Waals surface area contributed by atoms with Crippen molar-refractivity contribution in [2.75, 3.05) is 40.0 Å². The number of carbonyl (C=O) groups is 1. The molecule has 27 heavy (non-hydrogen) atoms. The Morgan fingerprint density at radius 3 is 2.67 bits per heavy atom. The Hall–Kier alpha value is -2.28. The monoisotopic (exact) mass is 379 g/mol. The normalized spacial score (nSPS) is 12.4. The van der Waals surface area contributed by atoms with Gasteiger partial charge in [-0.15, -0.1) is 0 Å². The van der Waals surface area contributed by atoms with Crippen molar-refractivity contribution in [2.45, 2.75) is 34.2 Å². The van der Waals surface area contributed by atoms with Crippen molar-refractivity contribution in [2.24, 2.45) is 10.9 Å². The van der Waals surface area contributed by atoms with Crippen LogP contribution >= 0.6 is 0 Å². The summed E-state index contributed by atoms with van der Waals surface area (Å²) >= 11 is 0. The first-order chi connectivity index (χ1) is 13.0. The summed E-state index contributed by atoms with van der Waals surface area (Å²) in [5.41, 5.74) is 2.13. The van der Waals surface area contributed by atoms with Gasteiger partial charge < -0.3 is 24.8 Å². The van der Waals surface area contributed by atoms with Gasteiger partial charge in [0, 0.05) is 25.3 Å². The number of benzene rings is 1. The Bertz CT molecular complexity index is 605. The smallest absolute Gasteiger partial charge is 0.310 e. The fraction of sp³-hybridized carbons (Fsp3) is 0.600. The number of aliphatic imine (C=N–C) groups is 1. The lowest BCUT2D eigenvalue weighted by Gasteiger charge is -2.15. The van der Waals surface area contributed by atoms with Crippen LogP contribution in [0.15, 0.2) is 23.2 Å². The van der Waals surface area contributed by atoms with Gasteiger partial charge in [0.05, 0.1) is 26.2 Å². The first-order valence-corrected chi connectivity index (χ1v) is 9.41. The zero-order valence-electron chi connectivity index (χ0n) is 17.1. The summed E-state index contributed by atoms with van der Waals surface area (Å²) in [5.74, 6) is 0.962. The lowest BCUT2D eigenvalue weighted by molar-refractivity contribution is -0.144. The second-order valence-electron chi connectivity index (χ2n) is 6.16. The van der Waals surface area contributed by atoms with E-state index in [0.29, 0.717) is 38.9 Å². The van der Waals surface area contributed by atoms with Gasteiger partial charge in [-0.3, -0.25) is 4.79 Å². The van der Waals surface area contributed by atoms with Gasteiger partial charge in [-0.2, -0.15) is 0 Å². The second-order valence-corrected chi connectivity index (χ2v) is 6.16. The molecule has 0 saturated carbocycles. The van der Waals surface area contributed by atoms with Crippen LogP contribution in [0.1, 0.15) is 31.9 Å². The molecule has 0 heterocycles. The van der Waals surface area contributed by atoms with Crippen LogP contribution in [0, 0.1) is 12.8 Å². The number of ether oxygens (including phenoxy) is 3. The first kappa shape index (κ1) is 22.8. The van der Waals surface area contributed by atoms with E-state index in [1.165, 1.54) is 7.11 Å². The Morgan fingerprint density at radius 1 is 1.22 bits per heavy atom. The van der Waals surface area contributed by atoms with Gasteiger partial charge in [-0.1, -0.05) is 19.1 Å². The standard InChI is InChI=1S/C20H33N3O4/c1-6-21-20(22-13-16(4)19(24)25-5)23-14-17-9-8-15(3)12-18(17)27-11-10-26-7-2/h8-9,12,16H,6-7,10-11,13-14H2,1-5H3,(H2,21,22,23). The van der Waals surface area contributed by atoms with Crippen molar-refractivity contribution >= 4 is 11.9 Å². The maximum absolute atomic E-state index is 11.5. The number of guanidine groups is 1. The molecule has 1 unspecified atom stereocenters. The molecule has 0 aliphatic carbocycles. The van der Waals surface area contributed by atoms with E-state index in [1.807, 2.05) is 45.9 Å². The molecular formula is C20H33N3O4. The molecule has 0 aromatic heterocycles. The van der Waals surface area contributed by atoms with Crippen LogP contribution in [-0.2, 0) is 20.8 Å². The largest absolute Gasteiger partial charge is 0.491 e. The van der Waals surface area contributed by atoms with E-state index in [-0.39, 0.29) is 11.9 Å². The highest BCUT2D eigenvalue weighted by Crippen LogP contribution is 2.21. The highest BCUT2D eigenvalue weighted by Gasteiger charge is 2.13. The second kappa shape index (κ2) is 13.0. The minimum atomic E-state index is -0.254.